The molecule has 0 radical (unpaired) electrons. The quantitative estimate of drug-likeness (QED) is 0.776. The summed E-state index contributed by atoms with van der Waals surface area (Å²) in [6, 6.07) is 3.88. The van der Waals surface area contributed by atoms with Crippen LogP contribution in [0.1, 0.15) is 18.4 Å². The Morgan fingerprint density at radius 3 is 2.65 bits per heavy atom. The number of aromatic hydroxyl groups is 1. The first kappa shape index (κ1) is 11.9. The van der Waals surface area contributed by atoms with Gasteiger partial charge in [0.15, 0.2) is 17.7 Å². The van der Waals surface area contributed by atoms with Crippen LogP contribution in [0.3, 0.4) is 0 Å². The summed E-state index contributed by atoms with van der Waals surface area (Å²) in [7, 11) is 1.19. The van der Waals surface area contributed by atoms with Gasteiger partial charge < -0.3 is 14.9 Å². The summed E-state index contributed by atoms with van der Waals surface area (Å²) in [5.74, 6) is -1.93. The van der Waals surface area contributed by atoms with Crippen molar-refractivity contribution in [3.05, 3.63) is 29.6 Å². The Hall–Kier alpha value is -1.62. The minimum Gasteiger partial charge on any atom is -0.505 e. The van der Waals surface area contributed by atoms with Gasteiger partial charge in [0.25, 0.3) is 0 Å². The predicted molar refractivity (Wildman–Crippen MR) is 57.0 cm³/mol. The number of benzene rings is 1. The van der Waals surface area contributed by atoms with Gasteiger partial charge in [0.05, 0.1) is 7.11 Å². The van der Waals surface area contributed by atoms with Crippen LogP contribution in [-0.4, -0.2) is 29.4 Å². The molecule has 92 valence electrons. The van der Waals surface area contributed by atoms with E-state index in [1.807, 2.05) is 0 Å². The topological polar surface area (TPSA) is 66.8 Å². The molecule has 1 fully saturated rings. The smallest absolute Gasteiger partial charge is 0.335 e. The highest BCUT2D eigenvalue weighted by Crippen LogP contribution is 2.51. The first-order valence-electron chi connectivity index (χ1n) is 5.26. The summed E-state index contributed by atoms with van der Waals surface area (Å²) in [5, 5.41) is 19.0. The molecule has 0 amide bonds. The second-order valence-corrected chi connectivity index (χ2v) is 4.25. The third-order valence-corrected chi connectivity index (χ3v) is 3.26. The van der Waals surface area contributed by atoms with E-state index in [1.165, 1.54) is 19.2 Å². The van der Waals surface area contributed by atoms with Crippen molar-refractivity contribution < 1.29 is 24.1 Å². The van der Waals surface area contributed by atoms with Crippen LogP contribution >= 0.6 is 0 Å². The Bertz CT molecular complexity index is 454. The van der Waals surface area contributed by atoms with E-state index in [0.717, 1.165) is 6.07 Å². The SMILES string of the molecule is COC(=O)C(O)C1(c2ccc(O)c(F)c2)CC1. The molecule has 1 saturated carbocycles. The maximum Gasteiger partial charge on any atom is 0.335 e. The lowest BCUT2D eigenvalue weighted by Crippen LogP contribution is -2.35. The van der Waals surface area contributed by atoms with E-state index in [0.29, 0.717) is 18.4 Å². The molecule has 1 aliphatic carbocycles. The van der Waals surface area contributed by atoms with Gasteiger partial charge in [-0.15, -0.1) is 0 Å². The number of halogens is 1. The highest BCUT2D eigenvalue weighted by atomic mass is 19.1. The maximum absolute atomic E-state index is 13.2. The Kier molecular flexibility index (Phi) is 2.79. The van der Waals surface area contributed by atoms with Crippen LogP contribution < -0.4 is 0 Å². The van der Waals surface area contributed by atoms with Crippen molar-refractivity contribution >= 4 is 5.97 Å². The molecule has 0 aromatic heterocycles. The van der Waals surface area contributed by atoms with Crippen LogP contribution in [0, 0.1) is 5.82 Å². The predicted octanol–water partition coefficient (Wildman–Crippen LogP) is 1.10. The highest BCUT2D eigenvalue weighted by Gasteiger charge is 2.54. The first-order valence-corrected chi connectivity index (χ1v) is 5.26. The Morgan fingerprint density at radius 2 is 2.18 bits per heavy atom. The van der Waals surface area contributed by atoms with Crippen LogP contribution in [0.4, 0.5) is 4.39 Å². The maximum atomic E-state index is 13.2. The fraction of sp³-hybridized carbons (Fsp3) is 0.417. The van der Waals surface area contributed by atoms with Gasteiger partial charge in [-0.05, 0) is 30.5 Å². The largest absolute Gasteiger partial charge is 0.505 e. The van der Waals surface area contributed by atoms with Gasteiger partial charge in [0, 0.05) is 5.41 Å². The zero-order valence-electron chi connectivity index (χ0n) is 9.31. The number of carbonyl (C=O) groups excluding carboxylic acids is 1. The Morgan fingerprint density at radius 1 is 1.53 bits per heavy atom. The number of ether oxygens (including phenoxy) is 1. The van der Waals surface area contributed by atoms with E-state index in [9.17, 15) is 14.3 Å². The van der Waals surface area contributed by atoms with Crippen molar-refractivity contribution in [1.82, 2.24) is 0 Å². The fourth-order valence-electron chi connectivity index (χ4n) is 2.01. The minimum absolute atomic E-state index is 0.447. The molecule has 1 atom stereocenters. The lowest BCUT2D eigenvalue weighted by molar-refractivity contribution is -0.152. The second-order valence-electron chi connectivity index (χ2n) is 4.25. The zero-order valence-corrected chi connectivity index (χ0v) is 9.31. The van der Waals surface area contributed by atoms with Crippen molar-refractivity contribution in [2.45, 2.75) is 24.4 Å². The van der Waals surface area contributed by atoms with Crippen LogP contribution in [0.15, 0.2) is 18.2 Å². The van der Waals surface area contributed by atoms with Crippen molar-refractivity contribution in [2.75, 3.05) is 7.11 Å². The molecule has 0 heterocycles. The summed E-state index contributed by atoms with van der Waals surface area (Å²) in [6.45, 7) is 0. The van der Waals surface area contributed by atoms with Gasteiger partial charge in [0.2, 0.25) is 0 Å². The molecule has 0 saturated heterocycles. The number of carbonyl (C=O) groups is 1. The van der Waals surface area contributed by atoms with Gasteiger partial charge in [-0.3, -0.25) is 0 Å². The molecule has 0 spiro atoms. The molecule has 17 heavy (non-hydrogen) atoms. The summed E-state index contributed by atoms with van der Waals surface area (Å²) in [4.78, 5) is 11.3. The molecule has 1 aromatic carbocycles. The third kappa shape index (κ3) is 1.86. The van der Waals surface area contributed by atoms with E-state index in [4.69, 9.17) is 5.11 Å². The fourth-order valence-corrected chi connectivity index (χ4v) is 2.01. The Labute approximate surface area is 97.6 Å². The molecule has 1 unspecified atom stereocenters. The summed E-state index contributed by atoms with van der Waals surface area (Å²) in [5.41, 5.74) is -0.257. The lowest BCUT2D eigenvalue weighted by atomic mass is 9.90. The van der Waals surface area contributed by atoms with Crippen LogP contribution in [-0.2, 0) is 14.9 Å². The van der Waals surface area contributed by atoms with Crippen molar-refractivity contribution in [3.8, 4) is 5.75 Å². The summed E-state index contributed by atoms with van der Waals surface area (Å²) >= 11 is 0. The standard InChI is InChI=1S/C12H13FO4/c1-17-11(16)10(15)12(4-5-12)7-2-3-9(14)8(13)6-7/h2-3,6,10,14-15H,4-5H2,1H3. The average Bonchev–Trinajstić information content (AvgIpc) is 3.12. The average molecular weight is 240 g/mol. The van der Waals surface area contributed by atoms with Gasteiger partial charge in [-0.25, -0.2) is 9.18 Å². The van der Waals surface area contributed by atoms with Gasteiger partial charge >= 0.3 is 5.97 Å². The van der Waals surface area contributed by atoms with Gasteiger partial charge in [-0.2, -0.15) is 0 Å². The molecular formula is C12H13FO4. The van der Waals surface area contributed by atoms with Gasteiger partial charge in [0.1, 0.15) is 0 Å². The number of rotatable bonds is 3. The number of hydrogen-bond donors (Lipinski definition) is 2. The first-order chi connectivity index (χ1) is 8.01. The second kappa shape index (κ2) is 4.00. The molecule has 0 aliphatic heterocycles. The van der Waals surface area contributed by atoms with Crippen molar-refractivity contribution in [1.29, 1.82) is 0 Å². The Balaban J connectivity index is 2.32. The van der Waals surface area contributed by atoms with Crippen molar-refractivity contribution in [2.24, 2.45) is 0 Å². The monoisotopic (exact) mass is 240 g/mol. The molecule has 1 aliphatic rings. The van der Waals surface area contributed by atoms with E-state index >= 15 is 0 Å². The number of aliphatic hydroxyl groups excluding tert-OH is 1. The molecular weight excluding hydrogens is 227 g/mol. The molecule has 4 nitrogen and oxygen atoms in total. The third-order valence-electron chi connectivity index (χ3n) is 3.26. The summed E-state index contributed by atoms with van der Waals surface area (Å²) < 4.78 is 17.7. The van der Waals surface area contributed by atoms with E-state index in [-0.39, 0.29) is 0 Å². The molecule has 1 aromatic rings. The molecule has 5 heteroatoms. The number of aliphatic hydroxyl groups is 1. The van der Waals surface area contributed by atoms with E-state index in [2.05, 4.69) is 4.74 Å². The van der Waals surface area contributed by atoms with Crippen LogP contribution in [0.25, 0.3) is 0 Å². The normalized spacial score (nSPS) is 18.5. The molecule has 2 N–H and O–H groups in total. The number of phenolic OH excluding ortho intramolecular Hbond substituents is 1. The number of esters is 1. The lowest BCUT2D eigenvalue weighted by Gasteiger charge is -2.20. The minimum atomic E-state index is -1.29. The number of hydrogen-bond acceptors (Lipinski definition) is 4. The molecule has 0 bridgehead atoms. The van der Waals surface area contributed by atoms with Gasteiger partial charge in [-0.1, -0.05) is 6.07 Å². The van der Waals surface area contributed by atoms with E-state index in [1.54, 1.807) is 0 Å². The van der Waals surface area contributed by atoms with E-state index < -0.39 is 29.1 Å². The van der Waals surface area contributed by atoms with Crippen molar-refractivity contribution in [3.63, 3.8) is 0 Å². The molecule has 2 rings (SSSR count). The zero-order chi connectivity index (χ0) is 12.6. The van der Waals surface area contributed by atoms with Crippen LogP contribution in [0.5, 0.6) is 5.75 Å². The van der Waals surface area contributed by atoms with Crippen LogP contribution in [0.2, 0.25) is 0 Å². The number of methoxy groups -OCH3 is 1. The highest BCUT2D eigenvalue weighted by molar-refractivity contribution is 5.77. The summed E-state index contributed by atoms with van der Waals surface area (Å²) in [6.07, 6.45) is -0.113. The number of phenols is 1.